The van der Waals surface area contributed by atoms with Crippen molar-refractivity contribution in [3.63, 3.8) is 0 Å². The largest absolute Gasteiger partial charge is 0.205 e. The van der Waals surface area contributed by atoms with Gasteiger partial charge in [0.05, 0.1) is 17.0 Å². The Bertz CT molecular complexity index is 379. The Labute approximate surface area is 85.3 Å². The van der Waals surface area contributed by atoms with E-state index in [4.69, 9.17) is 5.26 Å². The number of hydrogen-bond acceptors (Lipinski definition) is 1. The van der Waals surface area contributed by atoms with Crippen LogP contribution in [0.2, 0.25) is 0 Å². The normalized spacial score (nSPS) is 9.77. The zero-order chi connectivity index (χ0) is 10.0. The number of benzene rings is 1. The predicted molar refractivity (Wildman–Crippen MR) is 52.9 cm³/mol. The van der Waals surface area contributed by atoms with Crippen molar-refractivity contribution in [3.05, 3.63) is 33.0 Å². The maximum Gasteiger partial charge on any atom is 0.140 e. The second-order valence-corrected chi connectivity index (χ2v) is 3.73. The quantitative estimate of drug-likeness (QED) is 0.741. The summed E-state index contributed by atoms with van der Waals surface area (Å²) in [6.07, 6.45) is 0.261. The molecule has 0 aliphatic carbocycles. The average molecular weight is 242 g/mol. The maximum atomic E-state index is 13.4. The molecule has 0 bridgehead atoms. The van der Waals surface area contributed by atoms with Crippen LogP contribution in [-0.2, 0) is 6.42 Å². The lowest BCUT2D eigenvalue weighted by molar-refractivity contribution is 0.608. The summed E-state index contributed by atoms with van der Waals surface area (Å²) < 4.78 is 13.9. The van der Waals surface area contributed by atoms with Gasteiger partial charge in [0, 0.05) is 0 Å². The van der Waals surface area contributed by atoms with Crippen molar-refractivity contribution in [1.82, 2.24) is 0 Å². The first-order valence-corrected chi connectivity index (χ1v) is 4.68. The Morgan fingerprint density at radius 1 is 1.54 bits per heavy atom. The van der Waals surface area contributed by atoms with E-state index in [0.717, 1.165) is 11.1 Å². The first-order chi connectivity index (χ1) is 6.07. The highest BCUT2D eigenvalue weighted by molar-refractivity contribution is 9.10. The summed E-state index contributed by atoms with van der Waals surface area (Å²) in [6, 6.07) is 3.86. The van der Waals surface area contributed by atoms with Crippen molar-refractivity contribution < 1.29 is 4.39 Å². The molecule has 0 saturated heterocycles. The van der Waals surface area contributed by atoms with Gasteiger partial charge in [-0.1, -0.05) is 6.07 Å². The van der Waals surface area contributed by atoms with Crippen molar-refractivity contribution >= 4 is 15.9 Å². The van der Waals surface area contributed by atoms with Crippen LogP contribution >= 0.6 is 15.9 Å². The van der Waals surface area contributed by atoms with E-state index < -0.39 is 0 Å². The molecule has 68 valence electrons. The summed E-state index contributed by atoms with van der Waals surface area (Å²) >= 11 is 3.16. The minimum absolute atomic E-state index is 0.259. The van der Waals surface area contributed by atoms with Gasteiger partial charge in [-0.3, -0.25) is 0 Å². The fourth-order valence-electron chi connectivity index (χ4n) is 1.18. The monoisotopic (exact) mass is 241 g/mol. The molecule has 1 aromatic rings. The van der Waals surface area contributed by atoms with Crippen molar-refractivity contribution in [2.24, 2.45) is 0 Å². The van der Waals surface area contributed by atoms with E-state index in [1.807, 2.05) is 19.1 Å². The average Bonchev–Trinajstić information content (AvgIpc) is 2.11. The van der Waals surface area contributed by atoms with E-state index >= 15 is 0 Å². The van der Waals surface area contributed by atoms with E-state index in [2.05, 4.69) is 15.9 Å². The molecule has 1 nitrogen and oxygen atoms in total. The first kappa shape index (κ1) is 10.2. The molecule has 1 aromatic carbocycles. The molecule has 0 aromatic heterocycles. The van der Waals surface area contributed by atoms with Crippen molar-refractivity contribution in [1.29, 1.82) is 5.26 Å². The van der Waals surface area contributed by atoms with Crippen molar-refractivity contribution in [2.45, 2.75) is 20.3 Å². The van der Waals surface area contributed by atoms with Crippen LogP contribution in [0.5, 0.6) is 0 Å². The van der Waals surface area contributed by atoms with Crippen LogP contribution in [0.25, 0.3) is 0 Å². The van der Waals surface area contributed by atoms with E-state index in [9.17, 15) is 4.39 Å². The Hall–Kier alpha value is -0.880. The third kappa shape index (κ3) is 1.89. The highest BCUT2D eigenvalue weighted by Crippen LogP contribution is 2.25. The van der Waals surface area contributed by atoms with E-state index in [1.54, 1.807) is 6.92 Å². The van der Waals surface area contributed by atoms with Gasteiger partial charge < -0.3 is 0 Å². The lowest BCUT2D eigenvalue weighted by Gasteiger charge is -2.07. The van der Waals surface area contributed by atoms with Gasteiger partial charge in [0.25, 0.3) is 0 Å². The molecule has 0 saturated carbocycles. The molecule has 0 atom stereocenters. The standard InChI is InChI=1S/C10H9BrFN/c1-6-5-8(3-4-13)7(2)10(12)9(6)11/h5H,3H2,1-2H3. The summed E-state index contributed by atoms with van der Waals surface area (Å²) in [5.41, 5.74) is 2.15. The van der Waals surface area contributed by atoms with E-state index in [-0.39, 0.29) is 12.2 Å². The molecule has 0 spiro atoms. The molecule has 1 rings (SSSR count). The molecule has 0 fully saturated rings. The van der Waals surface area contributed by atoms with Gasteiger partial charge in [-0.25, -0.2) is 4.39 Å². The van der Waals surface area contributed by atoms with Gasteiger partial charge in [-0.15, -0.1) is 0 Å². The number of halogens is 2. The number of nitriles is 1. The third-order valence-corrected chi connectivity index (χ3v) is 2.98. The topological polar surface area (TPSA) is 23.8 Å². The molecule has 0 N–H and O–H groups in total. The first-order valence-electron chi connectivity index (χ1n) is 3.89. The second-order valence-electron chi connectivity index (χ2n) is 2.94. The zero-order valence-electron chi connectivity index (χ0n) is 7.49. The van der Waals surface area contributed by atoms with Gasteiger partial charge in [0.15, 0.2) is 0 Å². The number of hydrogen-bond donors (Lipinski definition) is 0. The van der Waals surface area contributed by atoms with Gasteiger partial charge in [-0.05, 0) is 46.5 Å². The third-order valence-electron chi connectivity index (χ3n) is 2.01. The molecule has 0 heterocycles. The Morgan fingerprint density at radius 3 is 2.69 bits per heavy atom. The van der Waals surface area contributed by atoms with Crippen molar-refractivity contribution in [3.8, 4) is 6.07 Å². The Morgan fingerprint density at radius 2 is 2.15 bits per heavy atom. The summed E-state index contributed by atoms with van der Waals surface area (Å²) in [6.45, 7) is 3.50. The smallest absolute Gasteiger partial charge is 0.140 e. The summed E-state index contributed by atoms with van der Waals surface area (Å²) in [7, 11) is 0. The maximum absolute atomic E-state index is 13.4. The number of nitrogens with zero attached hydrogens (tertiary/aromatic N) is 1. The number of rotatable bonds is 1. The fraction of sp³-hybridized carbons (Fsp3) is 0.300. The minimum Gasteiger partial charge on any atom is -0.205 e. The molecular formula is C10H9BrFN. The van der Waals surface area contributed by atoms with Crippen LogP contribution in [0.15, 0.2) is 10.5 Å². The molecule has 0 aliphatic rings. The SMILES string of the molecule is Cc1cc(CC#N)c(C)c(F)c1Br. The van der Waals surface area contributed by atoms with Crippen LogP contribution in [0, 0.1) is 31.0 Å². The fourth-order valence-corrected chi connectivity index (χ4v) is 1.59. The highest BCUT2D eigenvalue weighted by Gasteiger charge is 2.10. The molecule has 0 unspecified atom stereocenters. The van der Waals surface area contributed by atoms with Gasteiger partial charge in [0.1, 0.15) is 5.82 Å². The Balaban J connectivity index is 3.34. The van der Waals surface area contributed by atoms with Gasteiger partial charge in [0.2, 0.25) is 0 Å². The lowest BCUT2D eigenvalue weighted by Crippen LogP contribution is -1.95. The van der Waals surface area contributed by atoms with Crippen LogP contribution in [0.1, 0.15) is 16.7 Å². The molecule has 0 amide bonds. The molecule has 13 heavy (non-hydrogen) atoms. The molecule has 0 radical (unpaired) electrons. The lowest BCUT2D eigenvalue weighted by atomic mass is 10.0. The van der Waals surface area contributed by atoms with Crippen LogP contribution in [0.3, 0.4) is 0 Å². The highest BCUT2D eigenvalue weighted by atomic mass is 79.9. The molecule has 3 heteroatoms. The van der Waals surface area contributed by atoms with Crippen LogP contribution < -0.4 is 0 Å². The van der Waals surface area contributed by atoms with Gasteiger partial charge in [-0.2, -0.15) is 5.26 Å². The van der Waals surface area contributed by atoms with E-state index in [0.29, 0.717) is 10.0 Å². The Kier molecular flexibility index (Phi) is 3.05. The summed E-state index contributed by atoms with van der Waals surface area (Å²) in [4.78, 5) is 0. The second kappa shape index (κ2) is 3.89. The van der Waals surface area contributed by atoms with Crippen LogP contribution in [-0.4, -0.2) is 0 Å². The number of aryl methyl sites for hydroxylation is 1. The van der Waals surface area contributed by atoms with E-state index in [1.165, 1.54) is 0 Å². The molecular weight excluding hydrogens is 233 g/mol. The summed E-state index contributed by atoms with van der Waals surface area (Å²) in [5, 5.41) is 8.51. The van der Waals surface area contributed by atoms with Crippen molar-refractivity contribution in [2.75, 3.05) is 0 Å². The van der Waals surface area contributed by atoms with Crippen LogP contribution in [0.4, 0.5) is 4.39 Å². The predicted octanol–water partition coefficient (Wildman–Crippen LogP) is 3.27. The minimum atomic E-state index is -0.259. The van der Waals surface area contributed by atoms with Gasteiger partial charge >= 0.3 is 0 Å². The molecule has 0 aliphatic heterocycles. The zero-order valence-corrected chi connectivity index (χ0v) is 9.07. The summed E-state index contributed by atoms with van der Waals surface area (Å²) in [5.74, 6) is -0.259.